The van der Waals surface area contributed by atoms with Crippen LogP contribution in [0.3, 0.4) is 0 Å². The van der Waals surface area contributed by atoms with Crippen LogP contribution in [0.25, 0.3) is 0 Å². The first-order valence-corrected chi connectivity index (χ1v) is 7.15. The first kappa shape index (κ1) is 16.5. The second kappa shape index (κ2) is 7.98. The Kier molecular flexibility index (Phi) is 5.74. The fraction of sp³-hybridized carbons (Fsp3) is 0.312. The molecule has 0 atom stereocenters. The number of methoxy groups -OCH3 is 1. The first-order valence-electron chi connectivity index (χ1n) is 7.15. The van der Waals surface area contributed by atoms with E-state index in [0.717, 1.165) is 0 Å². The van der Waals surface area contributed by atoms with Crippen LogP contribution in [0.2, 0.25) is 0 Å². The zero-order chi connectivity index (χ0) is 16.7. The van der Waals surface area contributed by atoms with E-state index in [1.807, 2.05) is 0 Å². The van der Waals surface area contributed by atoms with Gasteiger partial charge in [-0.1, -0.05) is 18.2 Å². The minimum atomic E-state index is -0.438. The van der Waals surface area contributed by atoms with Crippen LogP contribution < -0.4 is 15.0 Å². The Morgan fingerprint density at radius 3 is 2.96 bits per heavy atom. The topological polar surface area (TPSA) is 84.9 Å². The van der Waals surface area contributed by atoms with Crippen LogP contribution >= 0.6 is 0 Å². The predicted molar refractivity (Wildman–Crippen MR) is 83.1 cm³/mol. The minimum Gasteiger partial charge on any atom is -0.482 e. The first-order chi connectivity index (χ1) is 11.1. The summed E-state index contributed by atoms with van der Waals surface area (Å²) in [5, 5.41) is 2.70. The molecule has 1 aromatic carbocycles. The Labute approximate surface area is 133 Å². The van der Waals surface area contributed by atoms with Gasteiger partial charge in [0.2, 0.25) is 5.91 Å². The van der Waals surface area contributed by atoms with Crippen LogP contribution in [0, 0.1) is 0 Å². The molecule has 2 rings (SSSR count). The number of hydrogen-bond acceptors (Lipinski definition) is 5. The molecule has 1 aliphatic rings. The largest absolute Gasteiger partial charge is 0.482 e. The SMILES string of the molecule is COC(=O)/C=C/CCNC(=O)CN1C(=O)COc2ccccc21. The van der Waals surface area contributed by atoms with E-state index in [1.54, 1.807) is 30.3 Å². The predicted octanol–water partition coefficient (Wildman–Crippen LogP) is 0.648. The Balaban J connectivity index is 1.84. The number of benzene rings is 1. The van der Waals surface area contributed by atoms with E-state index in [9.17, 15) is 14.4 Å². The average Bonchev–Trinajstić information content (AvgIpc) is 2.57. The molecule has 0 radical (unpaired) electrons. The Bertz CT molecular complexity index is 627. The zero-order valence-electron chi connectivity index (χ0n) is 12.8. The van der Waals surface area contributed by atoms with Crippen LogP contribution in [-0.2, 0) is 19.1 Å². The number of nitrogens with one attached hydrogen (secondary N) is 1. The molecule has 23 heavy (non-hydrogen) atoms. The lowest BCUT2D eigenvalue weighted by atomic mass is 10.2. The van der Waals surface area contributed by atoms with Crippen LogP contribution in [0.1, 0.15) is 6.42 Å². The molecule has 0 unspecified atom stereocenters. The molecule has 0 fully saturated rings. The molecule has 122 valence electrons. The summed E-state index contributed by atoms with van der Waals surface area (Å²) in [7, 11) is 1.30. The molecule has 7 heteroatoms. The maximum atomic E-state index is 12.0. The van der Waals surface area contributed by atoms with Gasteiger partial charge in [0, 0.05) is 12.6 Å². The van der Waals surface area contributed by atoms with Gasteiger partial charge in [-0.3, -0.25) is 14.5 Å². The highest BCUT2D eigenvalue weighted by Crippen LogP contribution is 2.30. The van der Waals surface area contributed by atoms with Gasteiger partial charge < -0.3 is 14.8 Å². The van der Waals surface area contributed by atoms with Gasteiger partial charge in [-0.05, 0) is 18.6 Å². The summed E-state index contributed by atoms with van der Waals surface area (Å²) in [6.07, 6.45) is 3.41. The van der Waals surface area contributed by atoms with Gasteiger partial charge >= 0.3 is 5.97 Å². The van der Waals surface area contributed by atoms with Crippen molar-refractivity contribution in [2.45, 2.75) is 6.42 Å². The number of carbonyl (C=O) groups excluding carboxylic acids is 3. The third-order valence-electron chi connectivity index (χ3n) is 3.20. The van der Waals surface area contributed by atoms with Crippen LogP contribution in [0.4, 0.5) is 5.69 Å². The summed E-state index contributed by atoms with van der Waals surface area (Å²) in [5.41, 5.74) is 0.587. The highest BCUT2D eigenvalue weighted by molar-refractivity contribution is 6.02. The minimum absolute atomic E-state index is 0.0695. The molecule has 0 saturated heterocycles. The van der Waals surface area contributed by atoms with Gasteiger partial charge in [0.25, 0.3) is 5.91 Å². The van der Waals surface area contributed by atoms with Crippen molar-refractivity contribution in [2.75, 3.05) is 31.7 Å². The van der Waals surface area contributed by atoms with Gasteiger partial charge in [0.1, 0.15) is 12.3 Å². The molecule has 1 heterocycles. The molecule has 0 bridgehead atoms. The molecule has 0 aliphatic carbocycles. The van der Waals surface area contributed by atoms with Gasteiger partial charge in [-0.25, -0.2) is 4.79 Å². The highest BCUT2D eigenvalue weighted by Gasteiger charge is 2.26. The number of hydrogen-bond donors (Lipinski definition) is 1. The number of fused-ring (bicyclic) bond motifs is 1. The second-order valence-corrected chi connectivity index (χ2v) is 4.80. The lowest BCUT2D eigenvalue weighted by molar-refractivity contribution is -0.134. The van der Waals surface area contributed by atoms with Crippen molar-refractivity contribution in [3.8, 4) is 5.75 Å². The number of ether oxygens (including phenoxy) is 2. The van der Waals surface area contributed by atoms with Gasteiger partial charge in [-0.2, -0.15) is 0 Å². The maximum Gasteiger partial charge on any atom is 0.330 e. The number of rotatable bonds is 6. The van der Waals surface area contributed by atoms with Gasteiger partial charge in [0.05, 0.1) is 12.8 Å². The normalized spacial score (nSPS) is 13.4. The van der Waals surface area contributed by atoms with Gasteiger partial charge in [-0.15, -0.1) is 0 Å². The van der Waals surface area contributed by atoms with Crippen molar-refractivity contribution in [3.63, 3.8) is 0 Å². The summed E-state index contributed by atoms with van der Waals surface area (Å²) in [4.78, 5) is 36.2. The maximum absolute atomic E-state index is 12.0. The van der Waals surface area contributed by atoms with E-state index in [1.165, 1.54) is 18.1 Å². The number of anilines is 1. The molecule has 1 N–H and O–H groups in total. The van der Waals surface area contributed by atoms with Crippen molar-refractivity contribution >= 4 is 23.5 Å². The number of carbonyl (C=O) groups is 3. The number of esters is 1. The van der Waals surface area contributed by atoms with E-state index in [2.05, 4.69) is 10.1 Å². The Morgan fingerprint density at radius 2 is 2.17 bits per heavy atom. The summed E-state index contributed by atoms with van der Waals surface area (Å²) in [6, 6.07) is 7.08. The molecule has 2 amide bonds. The summed E-state index contributed by atoms with van der Waals surface area (Å²) >= 11 is 0. The van der Waals surface area contributed by atoms with Crippen molar-refractivity contribution in [1.82, 2.24) is 5.32 Å². The molecule has 0 aromatic heterocycles. The molecule has 1 aromatic rings. The second-order valence-electron chi connectivity index (χ2n) is 4.80. The fourth-order valence-electron chi connectivity index (χ4n) is 2.07. The average molecular weight is 318 g/mol. The molecule has 0 spiro atoms. The monoisotopic (exact) mass is 318 g/mol. The van der Waals surface area contributed by atoms with E-state index < -0.39 is 5.97 Å². The molecule has 1 aliphatic heterocycles. The Morgan fingerprint density at radius 1 is 1.39 bits per heavy atom. The smallest absolute Gasteiger partial charge is 0.330 e. The van der Waals surface area contributed by atoms with E-state index in [0.29, 0.717) is 24.4 Å². The van der Waals surface area contributed by atoms with E-state index in [-0.39, 0.29) is 25.0 Å². The number of amides is 2. The van der Waals surface area contributed by atoms with Crippen LogP contribution in [0.5, 0.6) is 5.75 Å². The molecular weight excluding hydrogens is 300 g/mol. The van der Waals surface area contributed by atoms with Crippen molar-refractivity contribution < 1.29 is 23.9 Å². The summed E-state index contributed by atoms with van der Waals surface area (Å²) in [6.45, 7) is 0.221. The van der Waals surface area contributed by atoms with Crippen molar-refractivity contribution in [2.24, 2.45) is 0 Å². The molecule has 7 nitrogen and oxygen atoms in total. The lowest BCUT2D eigenvalue weighted by Crippen LogP contribution is -2.45. The molecule has 0 saturated carbocycles. The van der Waals surface area contributed by atoms with Crippen LogP contribution in [-0.4, -0.2) is 44.6 Å². The highest BCUT2D eigenvalue weighted by atomic mass is 16.5. The Hall–Kier alpha value is -2.83. The summed E-state index contributed by atoms with van der Waals surface area (Å²) < 4.78 is 9.77. The van der Waals surface area contributed by atoms with Crippen LogP contribution in [0.15, 0.2) is 36.4 Å². The quantitative estimate of drug-likeness (QED) is 0.473. The number of para-hydroxylation sites is 2. The van der Waals surface area contributed by atoms with Gasteiger partial charge in [0.15, 0.2) is 6.61 Å². The lowest BCUT2D eigenvalue weighted by Gasteiger charge is -2.28. The molecular formula is C16H18N2O5. The summed E-state index contributed by atoms with van der Waals surface area (Å²) in [5.74, 6) is -0.390. The zero-order valence-corrected chi connectivity index (χ0v) is 12.8. The van der Waals surface area contributed by atoms with E-state index in [4.69, 9.17) is 4.74 Å². The van der Waals surface area contributed by atoms with Crippen molar-refractivity contribution in [1.29, 1.82) is 0 Å². The third kappa shape index (κ3) is 4.57. The number of nitrogens with zero attached hydrogens (tertiary/aromatic N) is 1. The third-order valence-corrected chi connectivity index (χ3v) is 3.20. The van der Waals surface area contributed by atoms with E-state index >= 15 is 0 Å². The van der Waals surface area contributed by atoms with Crippen molar-refractivity contribution in [3.05, 3.63) is 36.4 Å². The standard InChI is InChI=1S/C16H18N2O5/c1-22-16(21)8-4-5-9-17-14(19)10-18-12-6-2-3-7-13(12)23-11-15(18)20/h2-4,6-8H,5,9-11H2,1H3,(H,17,19)/b8-4+. The fourth-order valence-corrected chi connectivity index (χ4v) is 2.07.